The molecular formula is C12H18N2O. The van der Waals surface area contributed by atoms with Crippen molar-refractivity contribution in [2.24, 2.45) is 5.92 Å². The van der Waals surface area contributed by atoms with Crippen LogP contribution in [0.1, 0.15) is 36.3 Å². The van der Waals surface area contributed by atoms with Crippen LogP contribution < -0.4 is 5.32 Å². The number of hydrogen-bond acceptors (Lipinski definition) is 3. The molecule has 15 heavy (non-hydrogen) atoms. The SMILES string of the molecule is C1CCc2c(noc2CC2CCNC2)C1. The predicted octanol–water partition coefficient (Wildman–Crippen LogP) is 1.71. The molecular weight excluding hydrogens is 188 g/mol. The second-order valence-electron chi connectivity index (χ2n) is 4.80. The summed E-state index contributed by atoms with van der Waals surface area (Å²) in [4.78, 5) is 0. The third-order valence-corrected chi connectivity index (χ3v) is 3.68. The molecule has 2 heterocycles. The summed E-state index contributed by atoms with van der Waals surface area (Å²) in [5, 5.41) is 7.61. The molecule has 3 rings (SSSR count). The van der Waals surface area contributed by atoms with Gasteiger partial charge in [-0.15, -0.1) is 0 Å². The van der Waals surface area contributed by atoms with Crippen LogP contribution in [0.3, 0.4) is 0 Å². The topological polar surface area (TPSA) is 38.1 Å². The zero-order valence-electron chi connectivity index (χ0n) is 9.09. The van der Waals surface area contributed by atoms with E-state index < -0.39 is 0 Å². The Kier molecular flexibility index (Phi) is 2.49. The molecule has 1 fully saturated rings. The molecule has 0 spiro atoms. The van der Waals surface area contributed by atoms with Gasteiger partial charge in [0.25, 0.3) is 0 Å². The molecule has 1 unspecified atom stereocenters. The van der Waals surface area contributed by atoms with E-state index in [4.69, 9.17) is 4.52 Å². The summed E-state index contributed by atoms with van der Waals surface area (Å²) in [6.45, 7) is 2.32. The highest BCUT2D eigenvalue weighted by atomic mass is 16.5. The maximum absolute atomic E-state index is 5.50. The second kappa shape index (κ2) is 3.97. The minimum Gasteiger partial charge on any atom is -0.361 e. The number of rotatable bonds is 2. The van der Waals surface area contributed by atoms with Gasteiger partial charge in [0, 0.05) is 12.0 Å². The lowest BCUT2D eigenvalue weighted by Gasteiger charge is -2.10. The van der Waals surface area contributed by atoms with Crippen molar-refractivity contribution in [2.75, 3.05) is 13.1 Å². The van der Waals surface area contributed by atoms with Gasteiger partial charge >= 0.3 is 0 Å². The normalized spacial score (nSPS) is 25.5. The van der Waals surface area contributed by atoms with Crippen molar-refractivity contribution in [1.82, 2.24) is 10.5 Å². The number of hydrogen-bond donors (Lipinski definition) is 1. The summed E-state index contributed by atoms with van der Waals surface area (Å²) >= 11 is 0. The van der Waals surface area contributed by atoms with E-state index in [-0.39, 0.29) is 0 Å². The highest BCUT2D eigenvalue weighted by Gasteiger charge is 2.23. The number of aryl methyl sites for hydroxylation is 1. The summed E-state index contributed by atoms with van der Waals surface area (Å²) in [5.41, 5.74) is 2.68. The Morgan fingerprint density at radius 2 is 2.27 bits per heavy atom. The number of fused-ring (bicyclic) bond motifs is 1. The van der Waals surface area contributed by atoms with Crippen LogP contribution in [0.5, 0.6) is 0 Å². The molecule has 1 N–H and O–H groups in total. The van der Waals surface area contributed by atoms with Gasteiger partial charge < -0.3 is 9.84 Å². The van der Waals surface area contributed by atoms with Crippen molar-refractivity contribution in [3.8, 4) is 0 Å². The number of nitrogens with one attached hydrogen (secondary N) is 1. The molecule has 0 bridgehead atoms. The van der Waals surface area contributed by atoms with Gasteiger partial charge in [0.1, 0.15) is 5.76 Å². The van der Waals surface area contributed by atoms with Crippen LogP contribution in [0.25, 0.3) is 0 Å². The molecule has 3 heteroatoms. The van der Waals surface area contributed by atoms with E-state index in [0.717, 1.165) is 25.3 Å². The molecule has 2 aliphatic rings. The molecule has 1 aromatic heterocycles. The Morgan fingerprint density at radius 3 is 3.13 bits per heavy atom. The minimum atomic E-state index is 0.768. The fourth-order valence-corrected chi connectivity index (χ4v) is 2.77. The smallest absolute Gasteiger partial charge is 0.140 e. The van der Waals surface area contributed by atoms with E-state index in [1.54, 1.807) is 0 Å². The third-order valence-electron chi connectivity index (χ3n) is 3.68. The van der Waals surface area contributed by atoms with E-state index in [1.165, 1.54) is 49.2 Å². The van der Waals surface area contributed by atoms with Crippen LogP contribution >= 0.6 is 0 Å². The Morgan fingerprint density at radius 1 is 1.33 bits per heavy atom. The fraction of sp³-hybridized carbons (Fsp3) is 0.750. The molecule has 0 radical (unpaired) electrons. The van der Waals surface area contributed by atoms with Gasteiger partial charge in [0.05, 0.1) is 5.69 Å². The van der Waals surface area contributed by atoms with Crippen molar-refractivity contribution in [1.29, 1.82) is 0 Å². The molecule has 0 aromatic carbocycles. The van der Waals surface area contributed by atoms with Gasteiger partial charge in [-0.2, -0.15) is 0 Å². The maximum Gasteiger partial charge on any atom is 0.140 e. The first-order chi connectivity index (χ1) is 7.43. The Balaban J connectivity index is 1.76. The zero-order valence-corrected chi connectivity index (χ0v) is 9.09. The van der Waals surface area contributed by atoms with Crippen molar-refractivity contribution in [3.05, 3.63) is 17.0 Å². The van der Waals surface area contributed by atoms with E-state index in [2.05, 4.69) is 10.5 Å². The fourth-order valence-electron chi connectivity index (χ4n) is 2.77. The molecule has 1 saturated heterocycles. The van der Waals surface area contributed by atoms with Crippen LogP contribution in [0.2, 0.25) is 0 Å². The number of nitrogens with zero attached hydrogens (tertiary/aromatic N) is 1. The average Bonchev–Trinajstić information content (AvgIpc) is 2.89. The minimum absolute atomic E-state index is 0.768. The van der Waals surface area contributed by atoms with Crippen molar-refractivity contribution < 1.29 is 4.52 Å². The van der Waals surface area contributed by atoms with Crippen LogP contribution in [0.4, 0.5) is 0 Å². The standard InChI is InChI=1S/C12H18N2O/c1-2-4-11-10(3-1)12(15-14-11)7-9-5-6-13-8-9/h9,13H,1-8H2. The van der Waals surface area contributed by atoms with E-state index in [1.807, 2.05) is 0 Å². The van der Waals surface area contributed by atoms with Crippen molar-refractivity contribution in [3.63, 3.8) is 0 Å². The van der Waals surface area contributed by atoms with Gasteiger partial charge in [0.2, 0.25) is 0 Å². The van der Waals surface area contributed by atoms with Gasteiger partial charge in [-0.3, -0.25) is 0 Å². The van der Waals surface area contributed by atoms with Crippen LogP contribution in [-0.2, 0) is 19.3 Å². The Bertz CT molecular complexity index is 339. The highest BCUT2D eigenvalue weighted by molar-refractivity contribution is 5.25. The first-order valence-electron chi connectivity index (χ1n) is 6.10. The lowest BCUT2D eigenvalue weighted by molar-refractivity contribution is 0.358. The summed E-state index contributed by atoms with van der Waals surface area (Å²) < 4.78 is 5.50. The van der Waals surface area contributed by atoms with Gasteiger partial charge in [-0.25, -0.2) is 0 Å². The van der Waals surface area contributed by atoms with Crippen LogP contribution in [-0.4, -0.2) is 18.2 Å². The zero-order chi connectivity index (χ0) is 10.1. The Labute approximate surface area is 90.2 Å². The molecule has 1 aromatic rings. The van der Waals surface area contributed by atoms with Crippen molar-refractivity contribution >= 4 is 0 Å². The summed E-state index contributed by atoms with van der Waals surface area (Å²) in [5.74, 6) is 1.95. The van der Waals surface area contributed by atoms with E-state index >= 15 is 0 Å². The predicted molar refractivity (Wildman–Crippen MR) is 57.8 cm³/mol. The van der Waals surface area contributed by atoms with Crippen LogP contribution in [0, 0.1) is 5.92 Å². The average molecular weight is 206 g/mol. The summed E-state index contributed by atoms with van der Waals surface area (Å²) in [7, 11) is 0. The molecule has 3 nitrogen and oxygen atoms in total. The molecule has 1 aliphatic heterocycles. The molecule has 82 valence electrons. The first-order valence-corrected chi connectivity index (χ1v) is 6.10. The largest absolute Gasteiger partial charge is 0.361 e. The molecule has 0 saturated carbocycles. The van der Waals surface area contributed by atoms with E-state index in [0.29, 0.717) is 0 Å². The second-order valence-corrected chi connectivity index (χ2v) is 4.80. The van der Waals surface area contributed by atoms with Gasteiger partial charge in [-0.1, -0.05) is 5.16 Å². The first kappa shape index (κ1) is 9.40. The molecule has 0 amide bonds. The maximum atomic E-state index is 5.50. The lowest BCUT2D eigenvalue weighted by atomic mass is 9.92. The van der Waals surface area contributed by atoms with Crippen molar-refractivity contribution in [2.45, 2.75) is 38.5 Å². The Hall–Kier alpha value is -0.830. The monoisotopic (exact) mass is 206 g/mol. The number of aromatic nitrogens is 1. The van der Waals surface area contributed by atoms with Gasteiger partial charge in [-0.05, 0) is 51.1 Å². The quantitative estimate of drug-likeness (QED) is 0.800. The van der Waals surface area contributed by atoms with Gasteiger partial charge in [0.15, 0.2) is 0 Å². The van der Waals surface area contributed by atoms with E-state index in [9.17, 15) is 0 Å². The molecule has 1 aliphatic carbocycles. The summed E-state index contributed by atoms with van der Waals surface area (Å²) in [6.07, 6.45) is 7.29. The molecule has 1 atom stereocenters. The summed E-state index contributed by atoms with van der Waals surface area (Å²) in [6, 6.07) is 0. The lowest BCUT2D eigenvalue weighted by Crippen LogP contribution is -2.11. The highest BCUT2D eigenvalue weighted by Crippen LogP contribution is 2.26. The van der Waals surface area contributed by atoms with Crippen LogP contribution in [0.15, 0.2) is 4.52 Å². The third kappa shape index (κ3) is 1.81.